The Kier molecular flexibility index (Phi) is 7.09. The molecule has 3 fully saturated rings. The Bertz CT molecular complexity index is 979. The van der Waals surface area contributed by atoms with Gasteiger partial charge in [0.05, 0.1) is 18.2 Å². The fraction of sp³-hybridized carbons (Fsp3) is 0.636. The van der Waals surface area contributed by atoms with Gasteiger partial charge in [0, 0.05) is 24.8 Å². The fourth-order valence-corrected chi connectivity index (χ4v) is 6.77. The number of amides is 1. The number of carbonyl (C=O) groups is 2. The lowest BCUT2D eigenvalue weighted by Gasteiger charge is -2.33. The molecule has 32 heavy (non-hydrogen) atoms. The van der Waals surface area contributed by atoms with Crippen molar-refractivity contribution in [2.75, 3.05) is 20.3 Å². The van der Waals surface area contributed by atoms with Crippen LogP contribution in [0.5, 0.6) is 0 Å². The van der Waals surface area contributed by atoms with Crippen LogP contribution in [0, 0.1) is 5.92 Å². The van der Waals surface area contributed by atoms with E-state index in [4.69, 9.17) is 21.1 Å². The average Bonchev–Trinajstić information content (AvgIpc) is 3.44. The number of carbonyl (C=O) groups excluding carboxylic acids is 2. The number of hydrogen-bond donors (Lipinski definition) is 1. The summed E-state index contributed by atoms with van der Waals surface area (Å²) < 4.78 is 38.8. The van der Waals surface area contributed by atoms with Crippen LogP contribution in [-0.4, -0.2) is 63.6 Å². The minimum absolute atomic E-state index is 0.0304. The molecule has 1 amide bonds. The molecule has 2 saturated heterocycles. The summed E-state index contributed by atoms with van der Waals surface area (Å²) >= 11 is 6.20. The van der Waals surface area contributed by atoms with Crippen LogP contribution in [0.25, 0.3) is 0 Å². The van der Waals surface area contributed by atoms with Crippen molar-refractivity contribution in [3.63, 3.8) is 0 Å². The highest BCUT2D eigenvalue weighted by atomic mass is 35.5. The predicted octanol–water partition coefficient (Wildman–Crippen LogP) is 2.74. The van der Waals surface area contributed by atoms with Crippen molar-refractivity contribution in [3.05, 3.63) is 28.8 Å². The molecule has 0 spiro atoms. The Hall–Kier alpha value is -1.68. The van der Waals surface area contributed by atoms with Crippen molar-refractivity contribution in [1.82, 2.24) is 9.62 Å². The number of nitrogens with zero attached hydrogens (tertiary/aromatic N) is 1. The molecule has 10 heteroatoms. The fourth-order valence-electron chi connectivity index (χ4n) is 5.18. The number of fused-ring (bicyclic) bond motifs is 1. The maximum atomic E-state index is 13.5. The highest BCUT2D eigenvalue weighted by molar-refractivity contribution is 7.89. The molecule has 4 rings (SSSR count). The van der Waals surface area contributed by atoms with Gasteiger partial charge in [-0.05, 0) is 56.2 Å². The van der Waals surface area contributed by atoms with Crippen LogP contribution in [-0.2, 0) is 24.3 Å². The molecule has 0 radical (unpaired) electrons. The van der Waals surface area contributed by atoms with Gasteiger partial charge >= 0.3 is 5.97 Å². The summed E-state index contributed by atoms with van der Waals surface area (Å²) in [5.41, 5.74) is 0.187. The highest BCUT2D eigenvalue weighted by Gasteiger charge is 2.48. The molecule has 1 aliphatic carbocycles. The first-order valence-electron chi connectivity index (χ1n) is 11.1. The zero-order valence-corrected chi connectivity index (χ0v) is 19.7. The van der Waals surface area contributed by atoms with E-state index < -0.39 is 22.0 Å². The van der Waals surface area contributed by atoms with E-state index >= 15 is 0 Å². The van der Waals surface area contributed by atoms with Crippen LogP contribution >= 0.6 is 11.6 Å². The number of likely N-dealkylation sites (tertiary alicyclic amines) is 1. The van der Waals surface area contributed by atoms with Crippen molar-refractivity contribution in [1.29, 1.82) is 0 Å². The number of methoxy groups -OCH3 is 1. The highest BCUT2D eigenvalue weighted by Crippen LogP contribution is 2.41. The first kappa shape index (κ1) is 23.5. The summed E-state index contributed by atoms with van der Waals surface area (Å²) in [5.74, 6) is -0.560. The molecule has 1 N–H and O–H groups in total. The van der Waals surface area contributed by atoms with Crippen LogP contribution in [0.2, 0.25) is 5.02 Å². The summed E-state index contributed by atoms with van der Waals surface area (Å²) in [5, 5.41) is 0.0304. The number of nitrogens with one attached hydrogen (secondary N) is 1. The lowest BCUT2D eigenvalue weighted by Crippen LogP contribution is -2.46. The monoisotopic (exact) mass is 484 g/mol. The molecule has 2 aliphatic heterocycles. The van der Waals surface area contributed by atoms with Gasteiger partial charge in [-0.15, -0.1) is 0 Å². The van der Waals surface area contributed by atoms with E-state index in [2.05, 4.69) is 4.72 Å². The normalized spacial score (nSPS) is 27.9. The minimum atomic E-state index is -3.94. The van der Waals surface area contributed by atoms with Crippen molar-refractivity contribution in [2.24, 2.45) is 5.92 Å². The third kappa shape index (κ3) is 4.66. The average molecular weight is 485 g/mol. The number of esters is 1. The van der Waals surface area contributed by atoms with E-state index in [1.54, 1.807) is 4.90 Å². The Labute approximate surface area is 193 Å². The van der Waals surface area contributed by atoms with Gasteiger partial charge in [-0.25, -0.2) is 17.9 Å². The summed E-state index contributed by atoms with van der Waals surface area (Å²) in [6.45, 7) is 0.771. The Morgan fingerprint density at radius 3 is 2.72 bits per heavy atom. The molecule has 8 nitrogen and oxygen atoms in total. The van der Waals surface area contributed by atoms with Crippen LogP contribution in [0.4, 0.5) is 0 Å². The van der Waals surface area contributed by atoms with Crippen molar-refractivity contribution >= 4 is 33.5 Å². The molecular formula is C22H29ClN2O6S. The van der Waals surface area contributed by atoms with E-state index in [9.17, 15) is 18.0 Å². The summed E-state index contributed by atoms with van der Waals surface area (Å²) in [6.07, 6.45) is 5.97. The van der Waals surface area contributed by atoms with Crippen molar-refractivity contribution < 1.29 is 27.5 Å². The maximum Gasteiger partial charge on any atom is 0.328 e. The van der Waals surface area contributed by atoms with Gasteiger partial charge in [0.1, 0.15) is 10.9 Å². The molecule has 4 atom stereocenters. The first-order valence-corrected chi connectivity index (χ1v) is 13.0. The molecule has 1 aromatic rings. The second-order valence-electron chi connectivity index (χ2n) is 8.73. The number of halogens is 1. The molecular weight excluding hydrogens is 456 g/mol. The lowest BCUT2D eigenvalue weighted by atomic mass is 9.84. The number of ether oxygens (including phenoxy) is 2. The minimum Gasteiger partial charge on any atom is -0.467 e. The van der Waals surface area contributed by atoms with E-state index in [0.717, 1.165) is 38.5 Å². The SMILES string of the molecule is COC(=O)C1CC2CCCCC2N1C(=O)c1ccc(Cl)c(S(=O)(=O)NCC2CCCO2)c1. The molecule has 0 bridgehead atoms. The second-order valence-corrected chi connectivity index (χ2v) is 10.9. The number of hydrogen-bond acceptors (Lipinski definition) is 6. The van der Waals surface area contributed by atoms with Crippen LogP contribution in [0.15, 0.2) is 23.1 Å². The quantitative estimate of drug-likeness (QED) is 0.623. The van der Waals surface area contributed by atoms with Gasteiger partial charge in [-0.1, -0.05) is 24.4 Å². The zero-order valence-electron chi connectivity index (χ0n) is 18.1. The van der Waals surface area contributed by atoms with Gasteiger partial charge in [0.2, 0.25) is 10.0 Å². The number of sulfonamides is 1. The maximum absolute atomic E-state index is 13.5. The van der Waals surface area contributed by atoms with Gasteiger partial charge < -0.3 is 14.4 Å². The Balaban J connectivity index is 1.59. The lowest BCUT2D eigenvalue weighted by molar-refractivity contribution is -0.145. The summed E-state index contributed by atoms with van der Waals surface area (Å²) in [7, 11) is -2.62. The third-order valence-electron chi connectivity index (χ3n) is 6.79. The predicted molar refractivity (Wildman–Crippen MR) is 118 cm³/mol. The smallest absolute Gasteiger partial charge is 0.328 e. The van der Waals surface area contributed by atoms with Gasteiger partial charge in [0.15, 0.2) is 0 Å². The van der Waals surface area contributed by atoms with E-state index in [-0.39, 0.29) is 46.0 Å². The van der Waals surface area contributed by atoms with Gasteiger partial charge in [-0.3, -0.25) is 4.79 Å². The van der Waals surface area contributed by atoms with Crippen molar-refractivity contribution in [2.45, 2.75) is 68.0 Å². The second kappa shape index (κ2) is 9.67. The van der Waals surface area contributed by atoms with E-state index in [1.165, 1.54) is 25.3 Å². The number of rotatable bonds is 6. The van der Waals surface area contributed by atoms with Gasteiger partial charge in [-0.2, -0.15) is 0 Å². The molecule has 3 aliphatic rings. The molecule has 1 aromatic carbocycles. The van der Waals surface area contributed by atoms with Crippen LogP contribution < -0.4 is 4.72 Å². The largest absolute Gasteiger partial charge is 0.467 e. The zero-order chi connectivity index (χ0) is 22.9. The summed E-state index contributed by atoms with van der Waals surface area (Å²) in [6, 6.07) is 3.51. The Morgan fingerprint density at radius 2 is 2.00 bits per heavy atom. The summed E-state index contributed by atoms with van der Waals surface area (Å²) in [4.78, 5) is 27.4. The van der Waals surface area contributed by atoms with E-state index in [1.807, 2.05) is 0 Å². The van der Waals surface area contributed by atoms with Gasteiger partial charge in [0.25, 0.3) is 5.91 Å². The standard InChI is InChI=1S/C22H29ClN2O6S/c1-30-22(27)19-11-14-5-2-3-7-18(14)25(19)21(26)15-8-9-17(23)20(12-15)32(28,29)24-13-16-6-4-10-31-16/h8-9,12,14,16,18-19,24H,2-7,10-11,13H2,1H3. The van der Waals surface area contributed by atoms with Crippen molar-refractivity contribution in [3.8, 4) is 0 Å². The third-order valence-corrected chi connectivity index (χ3v) is 8.69. The molecule has 4 unspecified atom stereocenters. The van der Waals surface area contributed by atoms with Crippen LogP contribution in [0.3, 0.4) is 0 Å². The number of benzene rings is 1. The Morgan fingerprint density at radius 1 is 1.22 bits per heavy atom. The topological polar surface area (TPSA) is 102 Å². The molecule has 2 heterocycles. The molecule has 0 aromatic heterocycles. The van der Waals surface area contributed by atoms with E-state index in [0.29, 0.717) is 13.0 Å². The molecule has 1 saturated carbocycles. The molecule has 176 valence electrons. The van der Waals surface area contributed by atoms with Crippen LogP contribution in [0.1, 0.15) is 55.3 Å². The first-order chi connectivity index (χ1) is 15.3.